The molecule has 6 aliphatic rings. The van der Waals surface area contributed by atoms with E-state index in [4.69, 9.17) is 17.1 Å². The molecule has 10 nitrogen and oxygen atoms in total. The normalized spacial score (nSPS) is 28.3. The molecule has 11 heteroatoms. The van der Waals surface area contributed by atoms with Gasteiger partial charge in [0.05, 0.1) is 49.9 Å². The first-order valence-corrected chi connectivity index (χ1v) is 26.8. The molecule has 5 aromatic rings. The van der Waals surface area contributed by atoms with E-state index in [1.54, 1.807) is 31.2 Å². The Morgan fingerprint density at radius 2 is 1.22 bits per heavy atom. The van der Waals surface area contributed by atoms with Crippen LogP contribution < -0.4 is 0 Å². The van der Waals surface area contributed by atoms with Gasteiger partial charge in [0.2, 0.25) is 11.4 Å². The first-order chi connectivity index (χ1) is 39.3. The molecule has 1 aromatic heterocycles. The molecule has 0 spiro atoms. The number of rotatable bonds is 4. The van der Waals surface area contributed by atoms with E-state index in [2.05, 4.69) is 39.8 Å². The summed E-state index contributed by atoms with van der Waals surface area (Å²) in [6, 6.07) is 29.1. The molecule has 11 rings (SSSR count). The van der Waals surface area contributed by atoms with Crippen LogP contribution in [0.4, 0.5) is 11.4 Å². The second-order valence-electron chi connectivity index (χ2n) is 26.3. The van der Waals surface area contributed by atoms with E-state index < -0.39 is 52.9 Å². The number of nitrogens with zero attached hydrogens (tertiary/aromatic N) is 3. The molecule has 0 unspecified atom stereocenters. The van der Waals surface area contributed by atoms with Crippen molar-refractivity contribution in [1.29, 1.82) is 0 Å². The van der Waals surface area contributed by atoms with Gasteiger partial charge in [0.1, 0.15) is 0 Å². The number of carbonyl (C=O) groups is 2. The van der Waals surface area contributed by atoms with Gasteiger partial charge >= 0.3 is 0 Å². The Hall–Kier alpha value is -5.77. The summed E-state index contributed by atoms with van der Waals surface area (Å²) in [7, 11) is 0. The fourth-order valence-electron chi connectivity index (χ4n) is 14.0. The number of ketones is 2. The fourth-order valence-corrected chi connectivity index (χ4v) is 14.0. The molecule has 0 radical (unpaired) electrons. The number of hydrogen-bond donors (Lipinski definition) is 1. The number of ether oxygens (including phenoxy) is 1. The van der Waals surface area contributed by atoms with Crippen LogP contribution in [-0.2, 0) is 40.8 Å². The summed E-state index contributed by atoms with van der Waals surface area (Å²) in [5.74, 6) is -0.433. The van der Waals surface area contributed by atoms with Crippen LogP contribution in [0.25, 0.3) is 27.6 Å². The van der Waals surface area contributed by atoms with Crippen molar-refractivity contribution in [2.75, 3.05) is 6.61 Å². The quantitative estimate of drug-likeness (QED) is 0.0472. The molecule has 410 valence electrons. The van der Waals surface area contributed by atoms with E-state index in [1.807, 2.05) is 110 Å². The van der Waals surface area contributed by atoms with Gasteiger partial charge in [0.25, 0.3) is 5.69 Å². The van der Waals surface area contributed by atoms with E-state index in [0.29, 0.717) is 41.9 Å². The van der Waals surface area contributed by atoms with Crippen molar-refractivity contribution in [3.05, 3.63) is 164 Å². The number of nitro groups is 1. The predicted octanol–water partition coefficient (Wildman–Crippen LogP) is 16.7. The average molecular weight is 1120 g/mol. The van der Waals surface area contributed by atoms with Crippen LogP contribution >= 0.6 is 0 Å². The first kappa shape index (κ1) is 48.2. The van der Waals surface area contributed by atoms with Crippen LogP contribution in [0.2, 0.25) is 0 Å². The Morgan fingerprint density at radius 3 is 1.85 bits per heavy atom. The summed E-state index contributed by atoms with van der Waals surface area (Å²) in [4.78, 5) is 36.3. The van der Waals surface area contributed by atoms with E-state index in [-0.39, 0.29) is 76.3 Å². The van der Waals surface area contributed by atoms with Crippen molar-refractivity contribution < 1.29 is 61.0 Å². The van der Waals surface area contributed by atoms with Crippen LogP contribution in [0.1, 0.15) is 194 Å². The number of aromatic nitrogens is 1. The molecule has 0 bridgehead atoms. The van der Waals surface area contributed by atoms with Crippen LogP contribution in [0.15, 0.2) is 115 Å². The topological polar surface area (TPSA) is 138 Å². The smallest absolute Gasteiger partial charge is 0.277 e. The Kier molecular flexibility index (Phi) is 12.8. The van der Waals surface area contributed by atoms with Crippen LogP contribution in [0, 0.1) is 53.2 Å². The monoisotopic (exact) mass is 1110 g/mol. The molecule has 4 aromatic carbocycles. The molecule has 2 heterocycles. The minimum absolute atomic E-state index is 0. The third kappa shape index (κ3) is 11.0. The Balaban J connectivity index is 0.000000165. The van der Waals surface area contributed by atoms with Gasteiger partial charge in [-0.1, -0.05) is 181 Å². The van der Waals surface area contributed by atoms with E-state index >= 15 is 0 Å². The zero-order chi connectivity index (χ0) is 64.3. The Morgan fingerprint density at radius 1 is 0.667 bits per heavy atom. The maximum atomic E-state index is 12.9. The summed E-state index contributed by atoms with van der Waals surface area (Å²) in [6.45, 7) is 21.1. The number of Topliss-reactive ketones (excluding diaryl/α,β-unsaturated/α-hetero) is 2. The third-order valence-corrected chi connectivity index (χ3v) is 16.2. The summed E-state index contributed by atoms with van der Waals surface area (Å²) in [6.07, 6.45) is 6.36. The number of fused-ring (bicyclic) bond motifs is 8. The SMILES string of the molecule is CC1(C)CC(C)(C)c2c(c3ccccc3n2O)C1=O.[2H]C([2H])([2H])[C@@]1(C)CC(C)(C)C=C(c2ccccc2[N+](=O)[O-])C1=O.[2H]C([2H])([2H])[C@]1(C)CC(C)(C)C=C2C1=[N+]([O-])c1ccccc12.[2H]C([2H])([2H])[C@]1(C)CC(C)(C)[C@H](OCC)C2=C1Cc1ccccc12.[Zn]. The fraction of sp³-hybridized carbons (Fsp3) is 0.478. The van der Waals surface area contributed by atoms with Crippen LogP contribution in [0.3, 0.4) is 0 Å². The van der Waals surface area contributed by atoms with Crippen molar-refractivity contribution in [2.24, 2.45) is 37.9 Å². The first-order valence-electron chi connectivity index (χ1n) is 31.3. The van der Waals surface area contributed by atoms with Gasteiger partial charge in [0, 0.05) is 77.8 Å². The van der Waals surface area contributed by atoms with Crippen molar-refractivity contribution in [3.63, 3.8) is 0 Å². The van der Waals surface area contributed by atoms with Crippen molar-refractivity contribution in [1.82, 2.24) is 4.73 Å². The number of benzene rings is 4. The van der Waals surface area contributed by atoms with Gasteiger partial charge < -0.3 is 15.2 Å². The molecular weight excluding hydrogens is 1020 g/mol. The van der Waals surface area contributed by atoms with Crippen LogP contribution in [-0.4, -0.2) is 49.6 Å². The van der Waals surface area contributed by atoms with Crippen LogP contribution in [0.5, 0.6) is 0 Å². The largest absolute Gasteiger partial charge is 0.618 e. The second-order valence-corrected chi connectivity index (χ2v) is 26.3. The second kappa shape index (κ2) is 20.7. The van der Waals surface area contributed by atoms with Gasteiger partial charge in [-0.15, -0.1) is 0 Å². The molecule has 5 aliphatic carbocycles. The zero-order valence-electron chi connectivity index (χ0n) is 57.2. The summed E-state index contributed by atoms with van der Waals surface area (Å²) in [5, 5.41) is 35.2. The molecule has 4 atom stereocenters. The van der Waals surface area contributed by atoms with E-state index in [1.165, 1.54) is 41.0 Å². The summed E-state index contributed by atoms with van der Waals surface area (Å²) < 4.78 is 79.9. The molecule has 78 heavy (non-hydrogen) atoms. The van der Waals surface area contributed by atoms with Gasteiger partial charge in [0.15, 0.2) is 11.6 Å². The average Bonchev–Trinajstić information content (AvgIpc) is 1.68. The number of para-hydroxylation sites is 3. The molecule has 0 fully saturated rings. The van der Waals surface area contributed by atoms with Gasteiger partial charge in [-0.25, -0.2) is 0 Å². The van der Waals surface area contributed by atoms with E-state index in [0.717, 1.165) is 50.9 Å². The third-order valence-electron chi connectivity index (χ3n) is 16.2. The number of allylic oxidation sites excluding steroid dienone is 5. The Bertz CT molecular complexity index is 3710. The maximum absolute atomic E-state index is 12.9. The van der Waals surface area contributed by atoms with Gasteiger partial charge in [-0.2, -0.15) is 9.47 Å². The zero-order valence-corrected chi connectivity index (χ0v) is 51.1. The number of nitro benzene ring substituents is 1. The molecule has 0 saturated carbocycles. The number of hydrogen-bond acceptors (Lipinski definition) is 7. The number of carbonyl (C=O) groups excluding carboxylic acids is 2. The Labute approximate surface area is 489 Å². The van der Waals surface area contributed by atoms with Gasteiger partial charge in [-0.3, -0.25) is 19.7 Å². The standard InChI is InChI=1S/C19H26O.C16H19NO3.C16H19NO2.C16H19NO.Zn/c1-6-20-17-16-14-10-8-7-9-13(14)11-15(16)18(2,3)12-19(17,4)5;1-15(2)9-12(14(18)16(3,4)10-15)11-7-5-6-8-13(11)17(19)20;1-15(2)9-16(3,4)14(18)12-10-7-5-6-8-11(10)17(19)13(12)15;1-15(2)9-12-11-7-5-6-8-13(11)17(18)14(12)16(3,4)10-15;/h7-10,17H,6,11-12H2,1-5H3;5-9H,10H2,1-4H3;5-8,19H,9H2,1-4H3;5-9H,10H2,1-4H3;/t17-;;;;/m1..../s1/i2D3;3D3;;3D3;/t17-,18+;16-;;16-;/m11.0./s1. The van der Waals surface area contributed by atoms with Crippen molar-refractivity contribution >= 4 is 56.3 Å². The molecule has 1 N–H and O–H groups in total. The minimum atomic E-state index is -2.48. The maximum Gasteiger partial charge on any atom is 0.277 e. The summed E-state index contributed by atoms with van der Waals surface area (Å²) in [5.41, 5.74) is 4.29. The molecule has 0 saturated heterocycles. The molecular formula is C67H83N3O7Zn. The van der Waals surface area contributed by atoms with Crippen molar-refractivity contribution in [3.8, 4) is 0 Å². The van der Waals surface area contributed by atoms with E-state index in [9.17, 15) is 30.1 Å². The van der Waals surface area contributed by atoms with Crippen molar-refractivity contribution in [2.45, 2.75) is 161 Å². The predicted molar refractivity (Wildman–Crippen MR) is 313 cm³/mol. The summed E-state index contributed by atoms with van der Waals surface area (Å²) >= 11 is 0. The molecule has 0 amide bonds. The minimum Gasteiger partial charge on any atom is -0.618 e. The molecule has 1 aliphatic heterocycles. The van der Waals surface area contributed by atoms with Gasteiger partial charge in [-0.05, 0) is 109 Å².